The summed E-state index contributed by atoms with van der Waals surface area (Å²) in [7, 11) is -3.70. The normalized spacial score (nSPS) is 19.1. The Morgan fingerprint density at radius 1 is 1.43 bits per heavy atom. The number of nitrogens with one attached hydrogen (secondary N) is 2. The van der Waals surface area contributed by atoms with Crippen LogP contribution in [0.15, 0.2) is 4.99 Å². The number of alkyl halides is 3. The number of guanidine groups is 1. The van der Waals surface area contributed by atoms with Gasteiger partial charge < -0.3 is 10.6 Å². The lowest BCUT2D eigenvalue weighted by molar-refractivity contribution is -0.0494. The Kier molecular flexibility index (Phi) is 5.86. The second kappa shape index (κ2) is 7.00. The van der Waals surface area contributed by atoms with Gasteiger partial charge in [-0.25, -0.2) is 8.42 Å². The molecule has 0 saturated carbocycles. The predicted octanol–water partition coefficient (Wildman–Crippen LogP) is 0.0986. The van der Waals surface area contributed by atoms with Crippen LogP contribution in [0.25, 0.3) is 0 Å². The topological polar surface area (TPSA) is 73.8 Å². The Morgan fingerprint density at radius 2 is 2.00 bits per heavy atom. The lowest BCUT2D eigenvalue weighted by Crippen LogP contribution is -2.51. The van der Waals surface area contributed by atoms with Gasteiger partial charge in [0.1, 0.15) is 0 Å². The Hall–Kier alpha value is -1.47. The number of aliphatic imine (C=N–C) groups is 1. The summed E-state index contributed by atoms with van der Waals surface area (Å²) in [5.74, 6) is 2.80. The van der Waals surface area contributed by atoms with Crippen LogP contribution in [0.1, 0.15) is 12.8 Å². The van der Waals surface area contributed by atoms with E-state index < -0.39 is 15.5 Å². The van der Waals surface area contributed by atoms with Gasteiger partial charge >= 0.3 is 15.5 Å². The van der Waals surface area contributed by atoms with E-state index >= 15 is 0 Å². The molecule has 1 aliphatic rings. The second-order valence-electron chi connectivity index (χ2n) is 4.40. The van der Waals surface area contributed by atoms with Crippen LogP contribution >= 0.6 is 0 Å². The molecule has 21 heavy (non-hydrogen) atoms. The average Bonchev–Trinajstić information content (AvgIpc) is 2.42. The molecule has 0 aliphatic carbocycles. The van der Waals surface area contributed by atoms with E-state index in [1.54, 1.807) is 0 Å². The molecule has 10 heteroatoms. The monoisotopic (exact) mass is 326 g/mol. The van der Waals surface area contributed by atoms with E-state index in [2.05, 4.69) is 21.5 Å². The van der Waals surface area contributed by atoms with Crippen molar-refractivity contribution in [3.8, 4) is 12.3 Å². The summed E-state index contributed by atoms with van der Waals surface area (Å²) in [6.07, 6.45) is 5.61. The van der Waals surface area contributed by atoms with Crippen molar-refractivity contribution >= 4 is 16.0 Å². The lowest BCUT2D eigenvalue weighted by atomic mass is 10.1. The van der Waals surface area contributed by atoms with Crippen LogP contribution in [0.3, 0.4) is 0 Å². The molecule has 0 atom stereocenters. The van der Waals surface area contributed by atoms with Crippen LogP contribution in [0, 0.1) is 12.3 Å². The second-order valence-corrected chi connectivity index (χ2v) is 6.33. The van der Waals surface area contributed by atoms with Crippen molar-refractivity contribution in [2.45, 2.75) is 24.4 Å². The van der Waals surface area contributed by atoms with E-state index in [9.17, 15) is 21.6 Å². The van der Waals surface area contributed by atoms with Gasteiger partial charge in [-0.2, -0.15) is 17.5 Å². The van der Waals surface area contributed by atoms with E-state index in [1.165, 1.54) is 7.05 Å². The van der Waals surface area contributed by atoms with Crippen LogP contribution in [0.4, 0.5) is 13.2 Å². The van der Waals surface area contributed by atoms with Crippen LogP contribution in [0.5, 0.6) is 0 Å². The Labute approximate surface area is 121 Å². The maximum Gasteiger partial charge on any atom is 0.511 e. The van der Waals surface area contributed by atoms with Crippen molar-refractivity contribution in [1.82, 2.24) is 14.9 Å². The van der Waals surface area contributed by atoms with Crippen molar-refractivity contribution in [1.29, 1.82) is 0 Å². The highest BCUT2D eigenvalue weighted by molar-refractivity contribution is 7.90. The number of hydrogen-bond acceptors (Lipinski definition) is 3. The molecule has 0 spiro atoms. The molecule has 1 aliphatic heterocycles. The quantitative estimate of drug-likeness (QED) is 0.438. The zero-order valence-electron chi connectivity index (χ0n) is 11.4. The van der Waals surface area contributed by atoms with Crippen molar-refractivity contribution in [2.75, 3.05) is 26.7 Å². The Balaban J connectivity index is 2.55. The largest absolute Gasteiger partial charge is 0.511 e. The standard InChI is InChI=1S/C11H17F3N4O2S/c1-3-6-16-10(15-2)17-9-4-7-18(8-5-9)21(19,20)11(12,13)14/h1,9H,4-8H2,2H3,(H2,15,16,17). The third-order valence-corrected chi connectivity index (χ3v) is 4.64. The zero-order valence-corrected chi connectivity index (χ0v) is 12.3. The molecule has 1 heterocycles. The molecule has 1 saturated heterocycles. The maximum absolute atomic E-state index is 12.4. The van der Waals surface area contributed by atoms with Gasteiger partial charge in [-0.3, -0.25) is 4.99 Å². The smallest absolute Gasteiger partial charge is 0.354 e. The van der Waals surface area contributed by atoms with Crippen molar-refractivity contribution in [3.05, 3.63) is 0 Å². The van der Waals surface area contributed by atoms with Gasteiger partial charge in [0.2, 0.25) is 0 Å². The molecule has 1 rings (SSSR count). The first kappa shape index (κ1) is 17.6. The minimum atomic E-state index is -5.25. The van der Waals surface area contributed by atoms with Crippen LogP contribution < -0.4 is 10.6 Å². The molecule has 0 bridgehead atoms. The number of piperidine rings is 1. The van der Waals surface area contributed by atoms with Gasteiger partial charge in [-0.05, 0) is 12.8 Å². The van der Waals surface area contributed by atoms with Gasteiger partial charge in [0.15, 0.2) is 5.96 Å². The molecule has 1 fully saturated rings. The fraction of sp³-hybridized carbons (Fsp3) is 0.727. The highest BCUT2D eigenvalue weighted by atomic mass is 32.2. The van der Waals surface area contributed by atoms with Gasteiger partial charge in [0, 0.05) is 26.2 Å². The molecule has 0 aromatic rings. The highest BCUT2D eigenvalue weighted by Crippen LogP contribution is 2.28. The summed E-state index contributed by atoms with van der Waals surface area (Å²) in [6, 6.07) is -0.159. The van der Waals surface area contributed by atoms with Crippen LogP contribution in [0.2, 0.25) is 0 Å². The predicted molar refractivity (Wildman–Crippen MR) is 72.9 cm³/mol. The van der Waals surface area contributed by atoms with Gasteiger partial charge in [-0.1, -0.05) is 5.92 Å². The number of nitrogens with zero attached hydrogens (tertiary/aromatic N) is 2. The fourth-order valence-corrected chi connectivity index (χ4v) is 2.89. The van der Waals surface area contributed by atoms with E-state index in [1.807, 2.05) is 0 Å². The summed E-state index contributed by atoms with van der Waals surface area (Å²) >= 11 is 0. The molecular formula is C11H17F3N4O2S. The van der Waals surface area contributed by atoms with Gasteiger partial charge in [-0.15, -0.1) is 6.42 Å². The number of halogens is 3. The Bertz CT molecular complexity index is 517. The first-order chi connectivity index (χ1) is 9.72. The SMILES string of the molecule is C#CCNC(=NC)NC1CCN(S(=O)(=O)C(F)(F)F)CC1. The molecule has 0 amide bonds. The summed E-state index contributed by atoms with van der Waals surface area (Å²) in [5.41, 5.74) is -5.25. The summed E-state index contributed by atoms with van der Waals surface area (Å²) < 4.78 is 60.3. The zero-order chi connectivity index (χ0) is 16.1. The third kappa shape index (κ3) is 4.50. The van der Waals surface area contributed by atoms with Crippen LogP contribution in [-0.4, -0.2) is 56.9 Å². The van der Waals surface area contributed by atoms with Crippen molar-refractivity contribution in [2.24, 2.45) is 4.99 Å². The summed E-state index contributed by atoms with van der Waals surface area (Å²) in [6.45, 7) is -0.113. The molecule has 0 unspecified atom stereocenters. The first-order valence-electron chi connectivity index (χ1n) is 6.19. The van der Waals surface area contributed by atoms with E-state index in [0.29, 0.717) is 10.3 Å². The minimum Gasteiger partial charge on any atom is -0.354 e. The van der Waals surface area contributed by atoms with Crippen LogP contribution in [-0.2, 0) is 10.0 Å². The van der Waals surface area contributed by atoms with E-state index in [-0.39, 0.29) is 38.5 Å². The van der Waals surface area contributed by atoms with Crippen molar-refractivity contribution < 1.29 is 21.6 Å². The van der Waals surface area contributed by atoms with Gasteiger partial charge in [0.05, 0.1) is 6.54 Å². The van der Waals surface area contributed by atoms with E-state index in [0.717, 1.165) is 0 Å². The number of hydrogen-bond donors (Lipinski definition) is 2. The molecule has 0 radical (unpaired) electrons. The first-order valence-corrected chi connectivity index (χ1v) is 7.63. The summed E-state index contributed by atoms with van der Waals surface area (Å²) in [5, 5.41) is 5.81. The molecular weight excluding hydrogens is 309 g/mol. The van der Waals surface area contributed by atoms with E-state index in [4.69, 9.17) is 6.42 Å². The molecule has 2 N–H and O–H groups in total. The number of terminal acetylenes is 1. The number of sulfonamides is 1. The third-order valence-electron chi connectivity index (χ3n) is 3.01. The molecule has 0 aromatic heterocycles. The molecule has 120 valence electrons. The minimum absolute atomic E-state index is 0.159. The lowest BCUT2D eigenvalue weighted by Gasteiger charge is -2.32. The molecule has 0 aromatic carbocycles. The molecule has 6 nitrogen and oxygen atoms in total. The highest BCUT2D eigenvalue weighted by Gasteiger charge is 2.50. The number of rotatable bonds is 3. The van der Waals surface area contributed by atoms with Gasteiger partial charge in [0.25, 0.3) is 0 Å². The Morgan fingerprint density at radius 3 is 2.43 bits per heavy atom. The fourth-order valence-electron chi connectivity index (χ4n) is 1.91. The average molecular weight is 326 g/mol. The summed E-state index contributed by atoms with van der Waals surface area (Å²) in [4.78, 5) is 3.91. The maximum atomic E-state index is 12.4. The van der Waals surface area contributed by atoms with Crippen molar-refractivity contribution in [3.63, 3.8) is 0 Å².